The Morgan fingerprint density at radius 1 is 1.27 bits per heavy atom. The van der Waals surface area contributed by atoms with Crippen LogP contribution >= 0.6 is 0 Å². The van der Waals surface area contributed by atoms with E-state index in [0.717, 1.165) is 57.6 Å². The van der Waals surface area contributed by atoms with E-state index < -0.39 is 0 Å². The van der Waals surface area contributed by atoms with Crippen LogP contribution < -0.4 is 10.1 Å². The smallest absolute Gasteiger partial charge is 0.248 e. The normalized spacial score (nSPS) is 21.1. The summed E-state index contributed by atoms with van der Waals surface area (Å²) in [7, 11) is 0. The molecular weight excluding hydrogens is 328 g/mol. The number of likely N-dealkylation sites (N-methyl/N-ethyl adjacent to an activating group) is 1. The van der Waals surface area contributed by atoms with Crippen molar-refractivity contribution >= 4 is 5.91 Å². The predicted molar refractivity (Wildman–Crippen MR) is 103 cm³/mol. The molecule has 1 aromatic rings. The quantitative estimate of drug-likeness (QED) is 0.760. The van der Waals surface area contributed by atoms with Crippen LogP contribution in [0.15, 0.2) is 24.3 Å². The second-order valence-corrected chi connectivity index (χ2v) is 7.38. The zero-order chi connectivity index (χ0) is 18.4. The van der Waals surface area contributed by atoms with Crippen LogP contribution in [0.2, 0.25) is 0 Å². The Morgan fingerprint density at radius 2 is 2.00 bits per heavy atom. The number of hydrogen-bond acceptors (Lipinski definition) is 4. The maximum absolute atomic E-state index is 12.1. The molecule has 1 saturated heterocycles. The van der Waals surface area contributed by atoms with Crippen molar-refractivity contribution < 1.29 is 14.3 Å². The number of ether oxygens (including phenoxy) is 2. The number of piperidine rings is 1. The molecule has 2 heterocycles. The van der Waals surface area contributed by atoms with Crippen LogP contribution in [0, 0.1) is 0 Å². The van der Waals surface area contributed by atoms with Gasteiger partial charge in [0.05, 0.1) is 0 Å². The fraction of sp³-hybridized carbons (Fsp3) is 0.667. The van der Waals surface area contributed by atoms with Gasteiger partial charge in [-0.15, -0.1) is 0 Å². The summed E-state index contributed by atoms with van der Waals surface area (Å²) in [5.74, 6) is 1.55. The Labute approximate surface area is 157 Å². The van der Waals surface area contributed by atoms with E-state index in [1.54, 1.807) is 0 Å². The van der Waals surface area contributed by atoms with E-state index >= 15 is 0 Å². The highest BCUT2D eigenvalue weighted by Crippen LogP contribution is 2.45. The van der Waals surface area contributed by atoms with E-state index in [2.05, 4.69) is 29.6 Å². The fourth-order valence-electron chi connectivity index (χ4n) is 4.24. The van der Waals surface area contributed by atoms with E-state index in [9.17, 15) is 4.79 Å². The Bertz CT molecular complexity index is 595. The zero-order valence-electron chi connectivity index (χ0n) is 16.1. The van der Waals surface area contributed by atoms with Crippen molar-refractivity contribution in [3.8, 4) is 5.75 Å². The molecule has 3 rings (SSSR count). The first-order valence-corrected chi connectivity index (χ1v) is 10.0. The van der Waals surface area contributed by atoms with Crippen LogP contribution in [-0.2, 0) is 9.53 Å². The number of nitrogens with one attached hydrogen (secondary N) is 1. The number of para-hydroxylation sites is 1. The number of fused-ring (bicyclic) bond motifs is 1. The molecule has 2 aliphatic rings. The Balaban J connectivity index is 1.58. The van der Waals surface area contributed by atoms with Crippen molar-refractivity contribution in [2.75, 3.05) is 39.4 Å². The summed E-state index contributed by atoms with van der Waals surface area (Å²) in [5, 5.41) is 3.43. The molecule has 1 N–H and O–H groups in total. The average molecular weight is 360 g/mol. The van der Waals surface area contributed by atoms with E-state index in [-0.39, 0.29) is 18.1 Å². The Hall–Kier alpha value is -1.59. The van der Waals surface area contributed by atoms with E-state index in [0.29, 0.717) is 12.5 Å². The Morgan fingerprint density at radius 3 is 2.73 bits per heavy atom. The summed E-state index contributed by atoms with van der Waals surface area (Å²) in [6.07, 6.45) is 4.08. The molecule has 1 atom stereocenters. The molecule has 0 aliphatic carbocycles. The van der Waals surface area contributed by atoms with Crippen molar-refractivity contribution in [2.45, 2.75) is 51.0 Å². The first-order valence-electron chi connectivity index (χ1n) is 10.0. The molecule has 1 spiro atoms. The molecule has 1 aromatic carbocycles. The molecule has 5 heteroatoms. The molecule has 1 unspecified atom stereocenters. The number of benzene rings is 1. The Kier molecular flexibility index (Phi) is 6.54. The van der Waals surface area contributed by atoms with Crippen LogP contribution in [0.3, 0.4) is 0 Å². The van der Waals surface area contributed by atoms with E-state index in [1.807, 2.05) is 18.7 Å². The number of amides is 1. The van der Waals surface area contributed by atoms with Crippen molar-refractivity contribution in [1.82, 2.24) is 10.2 Å². The lowest BCUT2D eigenvalue weighted by atomic mass is 9.76. The number of carbonyl (C=O) groups is 1. The monoisotopic (exact) mass is 360 g/mol. The lowest BCUT2D eigenvalue weighted by Gasteiger charge is -2.44. The summed E-state index contributed by atoms with van der Waals surface area (Å²) >= 11 is 0. The summed E-state index contributed by atoms with van der Waals surface area (Å²) in [6.45, 7) is 8.30. The van der Waals surface area contributed by atoms with Gasteiger partial charge in [-0.2, -0.15) is 0 Å². The van der Waals surface area contributed by atoms with Gasteiger partial charge in [-0.25, -0.2) is 0 Å². The minimum absolute atomic E-state index is 0.0404. The van der Waals surface area contributed by atoms with Crippen LogP contribution in [0.5, 0.6) is 5.75 Å². The van der Waals surface area contributed by atoms with Gasteiger partial charge in [0, 0.05) is 19.7 Å². The highest BCUT2D eigenvalue weighted by atomic mass is 16.5. The third-order valence-electron chi connectivity index (χ3n) is 5.77. The summed E-state index contributed by atoms with van der Waals surface area (Å²) < 4.78 is 12.2. The summed E-state index contributed by atoms with van der Waals surface area (Å²) in [6, 6.07) is 8.40. The molecule has 2 aliphatic heterocycles. The highest BCUT2D eigenvalue weighted by Gasteiger charge is 2.41. The van der Waals surface area contributed by atoms with Crippen LogP contribution in [-0.4, -0.2) is 55.8 Å². The maximum Gasteiger partial charge on any atom is 0.248 e. The van der Waals surface area contributed by atoms with Gasteiger partial charge in [-0.05, 0) is 70.2 Å². The number of carbonyl (C=O) groups excluding carboxylic acids is 1. The lowest BCUT2D eigenvalue weighted by molar-refractivity contribution is -0.135. The molecule has 0 saturated carbocycles. The molecule has 144 valence electrons. The van der Waals surface area contributed by atoms with E-state index in [1.165, 1.54) is 5.56 Å². The minimum Gasteiger partial charge on any atom is -0.487 e. The second-order valence-electron chi connectivity index (χ2n) is 7.38. The molecule has 5 nitrogen and oxygen atoms in total. The van der Waals surface area contributed by atoms with Crippen molar-refractivity contribution in [3.05, 3.63) is 29.8 Å². The number of rotatable bonds is 7. The van der Waals surface area contributed by atoms with Gasteiger partial charge in [0.15, 0.2) is 0 Å². The van der Waals surface area contributed by atoms with Gasteiger partial charge in [-0.1, -0.05) is 18.2 Å². The minimum atomic E-state index is -0.0404. The highest BCUT2D eigenvalue weighted by molar-refractivity contribution is 5.77. The molecule has 1 fully saturated rings. The maximum atomic E-state index is 12.1. The van der Waals surface area contributed by atoms with Gasteiger partial charge < -0.3 is 19.7 Å². The SMILES string of the molecule is CCN(CC)C(=O)COCCC1CC2(CCNCC2)Oc2ccccc21. The van der Waals surface area contributed by atoms with Crippen molar-refractivity contribution in [2.24, 2.45) is 0 Å². The number of nitrogens with zero attached hydrogens (tertiary/aromatic N) is 1. The molecule has 26 heavy (non-hydrogen) atoms. The van der Waals surface area contributed by atoms with Crippen molar-refractivity contribution in [1.29, 1.82) is 0 Å². The van der Waals surface area contributed by atoms with Gasteiger partial charge in [-0.3, -0.25) is 4.79 Å². The number of hydrogen-bond donors (Lipinski definition) is 1. The summed E-state index contributed by atoms with van der Waals surface area (Å²) in [5.41, 5.74) is 1.25. The predicted octanol–water partition coefficient (Wildman–Crippen LogP) is 2.95. The molecule has 0 aromatic heterocycles. The van der Waals surface area contributed by atoms with E-state index in [4.69, 9.17) is 9.47 Å². The van der Waals surface area contributed by atoms with Gasteiger partial charge in [0.2, 0.25) is 5.91 Å². The molecule has 0 bridgehead atoms. The van der Waals surface area contributed by atoms with Gasteiger partial charge >= 0.3 is 0 Å². The molecular formula is C21H32N2O3. The first-order chi connectivity index (χ1) is 12.7. The van der Waals surface area contributed by atoms with Crippen molar-refractivity contribution in [3.63, 3.8) is 0 Å². The van der Waals surface area contributed by atoms with Gasteiger partial charge in [0.25, 0.3) is 0 Å². The van der Waals surface area contributed by atoms with Crippen LogP contribution in [0.1, 0.15) is 51.0 Å². The van der Waals surface area contributed by atoms with Gasteiger partial charge in [0.1, 0.15) is 18.0 Å². The topological polar surface area (TPSA) is 50.8 Å². The first kappa shape index (κ1) is 19.2. The van der Waals surface area contributed by atoms with Crippen LogP contribution in [0.25, 0.3) is 0 Å². The average Bonchev–Trinajstić information content (AvgIpc) is 2.66. The second kappa shape index (κ2) is 8.87. The van der Waals surface area contributed by atoms with Crippen LogP contribution in [0.4, 0.5) is 0 Å². The third kappa shape index (κ3) is 4.38. The zero-order valence-corrected chi connectivity index (χ0v) is 16.1. The summed E-state index contributed by atoms with van der Waals surface area (Å²) in [4.78, 5) is 13.9. The molecule has 1 amide bonds. The lowest BCUT2D eigenvalue weighted by Crippen LogP contribution is -2.49. The molecule has 0 radical (unpaired) electrons. The largest absolute Gasteiger partial charge is 0.487 e. The third-order valence-corrected chi connectivity index (χ3v) is 5.77. The standard InChI is InChI=1S/C21H32N2O3/c1-3-23(4-2)20(24)16-25-14-9-17-15-21(10-12-22-13-11-21)26-19-8-6-5-7-18(17)19/h5-8,17,22H,3-4,9-16H2,1-2H3. The fourth-order valence-corrected chi connectivity index (χ4v) is 4.24.